The second-order valence-electron chi connectivity index (χ2n) is 7.61. The second-order valence-corrected chi connectivity index (χ2v) is 7.61. The molecular formula is C18H24BFO5. The predicted molar refractivity (Wildman–Crippen MR) is 91.8 cm³/mol. The number of furan rings is 1. The van der Waals surface area contributed by atoms with Crippen molar-refractivity contribution in [3.05, 3.63) is 28.4 Å². The van der Waals surface area contributed by atoms with Gasteiger partial charge in [0.05, 0.1) is 18.3 Å². The molecule has 0 radical (unpaired) electrons. The summed E-state index contributed by atoms with van der Waals surface area (Å²) in [7, 11) is 0.243. The van der Waals surface area contributed by atoms with Gasteiger partial charge in [-0.2, -0.15) is 0 Å². The molecule has 1 aliphatic carbocycles. The SMILES string of the molecule is COC(=O)c1oc2c(c1C)C(=C(F)B1OC(C)(C)C(C)(C)O1)CCC2. The van der Waals surface area contributed by atoms with E-state index in [0.717, 1.165) is 6.42 Å². The van der Waals surface area contributed by atoms with Crippen molar-refractivity contribution < 1.29 is 27.6 Å². The maximum absolute atomic E-state index is 15.3. The first-order valence-electron chi connectivity index (χ1n) is 8.54. The van der Waals surface area contributed by atoms with Gasteiger partial charge in [-0.25, -0.2) is 9.18 Å². The number of hydrogen-bond donors (Lipinski definition) is 0. The number of hydrogen-bond acceptors (Lipinski definition) is 5. The molecule has 136 valence electrons. The van der Waals surface area contributed by atoms with Gasteiger partial charge in [0.1, 0.15) is 11.5 Å². The Labute approximate surface area is 147 Å². The highest BCUT2D eigenvalue weighted by Crippen LogP contribution is 2.44. The third-order valence-electron chi connectivity index (χ3n) is 5.47. The summed E-state index contributed by atoms with van der Waals surface area (Å²) in [5.74, 6) is 0.196. The van der Waals surface area contributed by atoms with Crippen LogP contribution in [0.15, 0.2) is 10.1 Å². The molecule has 0 atom stereocenters. The van der Waals surface area contributed by atoms with Crippen LogP contribution in [0.1, 0.15) is 68.0 Å². The van der Waals surface area contributed by atoms with Crippen molar-refractivity contribution in [3.8, 4) is 0 Å². The maximum Gasteiger partial charge on any atom is 0.525 e. The summed E-state index contributed by atoms with van der Waals surface area (Å²) in [6.07, 6.45) is 1.94. The highest BCUT2D eigenvalue weighted by molar-refractivity contribution is 6.55. The number of rotatable bonds is 2. The molecular weight excluding hydrogens is 326 g/mol. The van der Waals surface area contributed by atoms with Crippen molar-refractivity contribution in [3.63, 3.8) is 0 Å². The smallest absolute Gasteiger partial charge is 0.463 e. The summed E-state index contributed by atoms with van der Waals surface area (Å²) in [5.41, 5.74) is 0.0730. The lowest BCUT2D eigenvalue weighted by Gasteiger charge is -2.32. The van der Waals surface area contributed by atoms with Crippen molar-refractivity contribution in [2.75, 3.05) is 7.11 Å². The van der Waals surface area contributed by atoms with Gasteiger partial charge in [-0.15, -0.1) is 0 Å². The normalized spacial score (nSPS) is 23.4. The van der Waals surface area contributed by atoms with Gasteiger partial charge in [-0.05, 0) is 53.0 Å². The van der Waals surface area contributed by atoms with Gasteiger partial charge < -0.3 is 18.5 Å². The molecule has 0 amide bonds. The number of fused-ring (bicyclic) bond motifs is 1. The Morgan fingerprint density at radius 2 is 1.76 bits per heavy atom. The van der Waals surface area contributed by atoms with Gasteiger partial charge in [-0.1, -0.05) is 0 Å². The molecule has 0 spiro atoms. The highest BCUT2D eigenvalue weighted by atomic mass is 19.1. The number of esters is 1. The van der Waals surface area contributed by atoms with Crippen LogP contribution in [0.3, 0.4) is 0 Å². The molecule has 25 heavy (non-hydrogen) atoms. The average molecular weight is 350 g/mol. The quantitative estimate of drug-likeness (QED) is 0.596. The molecule has 2 aliphatic rings. The first-order chi connectivity index (χ1) is 11.6. The zero-order valence-corrected chi connectivity index (χ0v) is 15.6. The summed E-state index contributed by atoms with van der Waals surface area (Å²) < 4.78 is 37.4. The van der Waals surface area contributed by atoms with Crippen molar-refractivity contribution in [2.45, 2.75) is 65.1 Å². The van der Waals surface area contributed by atoms with Crippen LogP contribution in [0.4, 0.5) is 4.39 Å². The third-order valence-corrected chi connectivity index (χ3v) is 5.47. The fourth-order valence-electron chi connectivity index (χ4n) is 3.31. The molecule has 0 saturated carbocycles. The molecule has 0 aromatic carbocycles. The number of allylic oxidation sites excluding steroid dienone is 1. The molecule has 5 nitrogen and oxygen atoms in total. The van der Waals surface area contributed by atoms with Gasteiger partial charge in [-0.3, -0.25) is 0 Å². The third kappa shape index (κ3) is 2.83. The zero-order chi connectivity index (χ0) is 18.6. The molecule has 1 aliphatic heterocycles. The van der Waals surface area contributed by atoms with E-state index in [1.165, 1.54) is 7.11 Å². The highest BCUT2D eigenvalue weighted by Gasteiger charge is 2.54. The van der Waals surface area contributed by atoms with E-state index >= 15 is 4.39 Å². The van der Waals surface area contributed by atoms with Crippen LogP contribution in [0, 0.1) is 6.92 Å². The van der Waals surface area contributed by atoms with E-state index in [-0.39, 0.29) is 5.76 Å². The number of carbonyl (C=O) groups excluding carboxylic acids is 1. The van der Waals surface area contributed by atoms with Crippen LogP contribution < -0.4 is 0 Å². The van der Waals surface area contributed by atoms with Crippen LogP contribution in [0.5, 0.6) is 0 Å². The summed E-state index contributed by atoms with van der Waals surface area (Å²) in [5, 5.41) is 0. The molecule has 0 N–H and O–H groups in total. The first-order valence-corrected chi connectivity index (χ1v) is 8.54. The van der Waals surface area contributed by atoms with Crippen LogP contribution in [0.2, 0.25) is 0 Å². The van der Waals surface area contributed by atoms with Gasteiger partial charge in [0.25, 0.3) is 0 Å². The van der Waals surface area contributed by atoms with E-state index in [1.54, 1.807) is 6.92 Å². The minimum atomic E-state index is -1.05. The van der Waals surface area contributed by atoms with Crippen LogP contribution in [0.25, 0.3) is 5.57 Å². The van der Waals surface area contributed by atoms with E-state index < -0.39 is 30.0 Å². The standard InChI is InChI=1S/C18H24BFO5/c1-10-13-11(8-7-9-12(13)23-14(10)16(21)22-6)15(20)19-24-17(2,3)18(4,5)25-19/h7-9H2,1-6H3. The number of halogens is 1. The lowest BCUT2D eigenvalue weighted by Crippen LogP contribution is -2.41. The van der Waals surface area contributed by atoms with Gasteiger partial charge >= 0.3 is 13.1 Å². The Morgan fingerprint density at radius 3 is 2.32 bits per heavy atom. The largest absolute Gasteiger partial charge is 0.525 e. The molecule has 1 aromatic rings. The second kappa shape index (κ2) is 5.99. The monoisotopic (exact) mass is 350 g/mol. The maximum atomic E-state index is 15.3. The Kier molecular flexibility index (Phi) is 4.36. The van der Waals surface area contributed by atoms with Crippen molar-refractivity contribution >= 4 is 18.7 Å². The zero-order valence-electron chi connectivity index (χ0n) is 15.6. The van der Waals surface area contributed by atoms with Crippen LogP contribution in [-0.4, -0.2) is 31.4 Å². The summed E-state index contributed by atoms with van der Waals surface area (Å²) in [4.78, 5) is 11.9. The molecule has 1 saturated heterocycles. The summed E-state index contributed by atoms with van der Waals surface area (Å²) in [6, 6.07) is 0. The van der Waals surface area contributed by atoms with E-state index in [2.05, 4.69) is 0 Å². The van der Waals surface area contributed by atoms with Crippen LogP contribution >= 0.6 is 0 Å². The first kappa shape index (κ1) is 18.2. The van der Waals surface area contributed by atoms with Crippen molar-refractivity contribution in [1.82, 2.24) is 0 Å². The van der Waals surface area contributed by atoms with Crippen LogP contribution in [-0.2, 0) is 20.5 Å². The van der Waals surface area contributed by atoms with E-state index in [4.69, 9.17) is 18.5 Å². The molecule has 2 heterocycles. The Bertz CT molecular complexity index is 731. The number of carbonyl (C=O) groups is 1. The van der Waals surface area contributed by atoms with Gasteiger partial charge in [0.2, 0.25) is 5.76 Å². The molecule has 3 rings (SSSR count). The molecule has 0 unspecified atom stereocenters. The minimum Gasteiger partial charge on any atom is -0.463 e. The molecule has 1 fully saturated rings. The van der Waals surface area contributed by atoms with Crippen molar-refractivity contribution in [2.24, 2.45) is 0 Å². The van der Waals surface area contributed by atoms with Gasteiger partial charge in [0.15, 0.2) is 0 Å². The molecule has 0 bridgehead atoms. The average Bonchev–Trinajstić information content (AvgIpc) is 2.99. The number of ether oxygens (including phenoxy) is 1. The molecule has 7 heteroatoms. The predicted octanol–water partition coefficient (Wildman–Crippen LogP) is 4.02. The van der Waals surface area contributed by atoms with E-state index in [1.807, 2.05) is 27.7 Å². The Morgan fingerprint density at radius 1 is 1.16 bits per heavy atom. The van der Waals surface area contributed by atoms with E-state index in [0.29, 0.717) is 35.3 Å². The minimum absolute atomic E-state index is 0.133. The lowest BCUT2D eigenvalue weighted by molar-refractivity contribution is 0.00578. The topological polar surface area (TPSA) is 57.9 Å². The molecule has 1 aromatic heterocycles. The lowest BCUT2D eigenvalue weighted by atomic mass is 9.78. The summed E-state index contributed by atoms with van der Waals surface area (Å²) >= 11 is 0. The Hall–Kier alpha value is -1.60. The Balaban J connectivity index is 2.04. The van der Waals surface area contributed by atoms with Gasteiger partial charge in [0, 0.05) is 17.5 Å². The van der Waals surface area contributed by atoms with E-state index in [9.17, 15) is 4.79 Å². The number of methoxy groups -OCH3 is 1. The fourth-order valence-corrected chi connectivity index (χ4v) is 3.31. The van der Waals surface area contributed by atoms with Crippen molar-refractivity contribution in [1.29, 1.82) is 0 Å². The fraction of sp³-hybridized carbons (Fsp3) is 0.611. The number of aryl methyl sites for hydroxylation is 1. The summed E-state index contributed by atoms with van der Waals surface area (Å²) in [6.45, 7) is 9.29.